The quantitative estimate of drug-likeness (QED) is 0.626. The van der Waals surface area contributed by atoms with Gasteiger partial charge in [0.05, 0.1) is 24.2 Å². The van der Waals surface area contributed by atoms with Crippen LogP contribution >= 0.6 is 0 Å². The molecule has 3 aromatic rings. The molecular weight excluding hydrogens is 398 g/mol. The van der Waals surface area contributed by atoms with Crippen LogP contribution < -0.4 is 10.1 Å². The SMILES string of the molecule is COc1cccc(-c2cc(-c3ccc4c(c3)CN([C@H]3CCC(=O)NC3=O)C4=O)n[nH]2)n1. The van der Waals surface area contributed by atoms with Crippen LogP contribution in [0.25, 0.3) is 22.6 Å². The number of hydrogen-bond acceptors (Lipinski definition) is 6. The second-order valence-corrected chi connectivity index (χ2v) is 7.50. The first-order chi connectivity index (χ1) is 15.0. The van der Waals surface area contributed by atoms with E-state index in [1.54, 1.807) is 19.2 Å². The van der Waals surface area contributed by atoms with Gasteiger partial charge >= 0.3 is 0 Å². The van der Waals surface area contributed by atoms with Gasteiger partial charge in [-0.2, -0.15) is 5.10 Å². The lowest BCUT2D eigenvalue weighted by atomic mass is 10.0. The van der Waals surface area contributed by atoms with E-state index in [0.717, 1.165) is 16.8 Å². The number of benzene rings is 1. The van der Waals surface area contributed by atoms with Gasteiger partial charge in [0.2, 0.25) is 17.7 Å². The number of H-pyrrole nitrogens is 1. The summed E-state index contributed by atoms with van der Waals surface area (Å²) in [5.41, 5.74) is 4.42. The lowest BCUT2D eigenvalue weighted by Gasteiger charge is -2.29. The van der Waals surface area contributed by atoms with Gasteiger partial charge in [0, 0.05) is 30.2 Å². The molecule has 0 saturated carbocycles. The van der Waals surface area contributed by atoms with Crippen LogP contribution in [0.4, 0.5) is 0 Å². The van der Waals surface area contributed by atoms with Crippen LogP contribution in [0.3, 0.4) is 0 Å². The van der Waals surface area contributed by atoms with Crippen molar-refractivity contribution < 1.29 is 19.1 Å². The zero-order valence-corrected chi connectivity index (χ0v) is 16.7. The van der Waals surface area contributed by atoms with Crippen molar-refractivity contribution in [2.75, 3.05) is 7.11 Å². The zero-order chi connectivity index (χ0) is 21.5. The Morgan fingerprint density at radius 2 is 1.97 bits per heavy atom. The molecule has 9 nitrogen and oxygen atoms in total. The number of carbonyl (C=O) groups excluding carboxylic acids is 3. The van der Waals surface area contributed by atoms with Gasteiger partial charge in [-0.15, -0.1) is 0 Å². The number of aromatic nitrogens is 3. The van der Waals surface area contributed by atoms with Crippen LogP contribution in [0.15, 0.2) is 42.5 Å². The summed E-state index contributed by atoms with van der Waals surface area (Å²) in [4.78, 5) is 42.4. The molecule has 0 unspecified atom stereocenters. The van der Waals surface area contributed by atoms with Crippen molar-refractivity contribution in [3.8, 4) is 28.5 Å². The van der Waals surface area contributed by atoms with E-state index in [9.17, 15) is 14.4 Å². The Hall–Kier alpha value is -4.01. The summed E-state index contributed by atoms with van der Waals surface area (Å²) >= 11 is 0. The third-order valence-electron chi connectivity index (χ3n) is 5.61. The smallest absolute Gasteiger partial charge is 0.255 e. The molecule has 1 saturated heterocycles. The second-order valence-electron chi connectivity index (χ2n) is 7.50. The van der Waals surface area contributed by atoms with Crippen molar-refractivity contribution in [2.24, 2.45) is 0 Å². The first-order valence-corrected chi connectivity index (χ1v) is 9.88. The summed E-state index contributed by atoms with van der Waals surface area (Å²) < 4.78 is 5.17. The van der Waals surface area contributed by atoms with Crippen LogP contribution in [-0.2, 0) is 16.1 Å². The van der Waals surface area contributed by atoms with E-state index in [0.29, 0.717) is 35.8 Å². The summed E-state index contributed by atoms with van der Waals surface area (Å²) in [7, 11) is 1.56. The number of nitrogens with one attached hydrogen (secondary N) is 2. The van der Waals surface area contributed by atoms with Gasteiger partial charge in [0.25, 0.3) is 5.91 Å². The van der Waals surface area contributed by atoms with Crippen LogP contribution in [-0.4, -0.2) is 51.0 Å². The average Bonchev–Trinajstić information content (AvgIpc) is 3.39. The van der Waals surface area contributed by atoms with Gasteiger partial charge in [0.1, 0.15) is 6.04 Å². The van der Waals surface area contributed by atoms with E-state index in [4.69, 9.17) is 4.74 Å². The molecule has 0 aliphatic carbocycles. The molecular formula is C22H19N5O4. The van der Waals surface area contributed by atoms with Crippen molar-refractivity contribution in [1.82, 2.24) is 25.4 Å². The topological polar surface area (TPSA) is 117 Å². The van der Waals surface area contributed by atoms with Crippen molar-refractivity contribution in [3.05, 3.63) is 53.6 Å². The van der Waals surface area contributed by atoms with Gasteiger partial charge in [-0.1, -0.05) is 12.1 Å². The molecule has 2 N–H and O–H groups in total. The minimum atomic E-state index is -0.628. The molecule has 156 valence electrons. The number of aromatic amines is 1. The largest absolute Gasteiger partial charge is 0.481 e. The predicted octanol–water partition coefficient (Wildman–Crippen LogP) is 1.91. The summed E-state index contributed by atoms with van der Waals surface area (Å²) in [6, 6.07) is 12.3. The van der Waals surface area contributed by atoms with Crippen molar-refractivity contribution >= 4 is 17.7 Å². The fourth-order valence-electron chi connectivity index (χ4n) is 4.01. The van der Waals surface area contributed by atoms with Gasteiger partial charge in [-0.05, 0) is 36.2 Å². The molecule has 1 fully saturated rings. The number of pyridine rings is 1. The van der Waals surface area contributed by atoms with E-state index in [2.05, 4.69) is 20.5 Å². The lowest BCUT2D eigenvalue weighted by molar-refractivity contribution is -0.136. The highest BCUT2D eigenvalue weighted by atomic mass is 16.5. The zero-order valence-electron chi connectivity index (χ0n) is 16.7. The normalized spacial score (nSPS) is 18.2. The summed E-state index contributed by atoms with van der Waals surface area (Å²) in [5, 5.41) is 9.69. The minimum Gasteiger partial charge on any atom is -0.481 e. The van der Waals surface area contributed by atoms with E-state index < -0.39 is 11.9 Å². The van der Waals surface area contributed by atoms with E-state index >= 15 is 0 Å². The number of methoxy groups -OCH3 is 1. The van der Waals surface area contributed by atoms with Gasteiger partial charge in [-0.3, -0.25) is 24.8 Å². The molecule has 0 spiro atoms. The van der Waals surface area contributed by atoms with E-state index in [1.807, 2.05) is 30.3 Å². The van der Waals surface area contributed by atoms with Gasteiger partial charge in [-0.25, -0.2) is 4.98 Å². The molecule has 1 aromatic carbocycles. The number of rotatable bonds is 4. The highest BCUT2D eigenvalue weighted by Gasteiger charge is 2.39. The number of hydrogen-bond donors (Lipinski definition) is 2. The maximum absolute atomic E-state index is 12.8. The minimum absolute atomic E-state index is 0.195. The molecule has 5 rings (SSSR count). The molecule has 2 aliphatic heterocycles. The third kappa shape index (κ3) is 3.33. The van der Waals surface area contributed by atoms with E-state index in [1.165, 1.54) is 4.90 Å². The molecule has 2 aromatic heterocycles. The molecule has 0 radical (unpaired) electrons. The summed E-state index contributed by atoms with van der Waals surface area (Å²) in [5.74, 6) is -0.398. The Bertz CT molecular complexity index is 1220. The molecule has 31 heavy (non-hydrogen) atoms. The number of ether oxygens (including phenoxy) is 1. The van der Waals surface area contributed by atoms with Crippen molar-refractivity contribution in [2.45, 2.75) is 25.4 Å². The molecule has 9 heteroatoms. The van der Waals surface area contributed by atoms with Crippen LogP contribution in [0, 0.1) is 0 Å². The van der Waals surface area contributed by atoms with Crippen LogP contribution in [0.2, 0.25) is 0 Å². The van der Waals surface area contributed by atoms with Crippen LogP contribution in [0.1, 0.15) is 28.8 Å². The fourth-order valence-corrected chi connectivity index (χ4v) is 4.01. The lowest BCUT2D eigenvalue weighted by Crippen LogP contribution is -2.52. The Morgan fingerprint density at radius 1 is 1.10 bits per heavy atom. The number of piperidine rings is 1. The maximum Gasteiger partial charge on any atom is 0.255 e. The monoisotopic (exact) mass is 417 g/mol. The van der Waals surface area contributed by atoms with Crippen molar-refractivity contribution in [1.29, 1.82) is 0 Å². The third-order valence-corrected chi connectivity index (χ3v) is 5.61. The number of fused-ring (bicyclic) bond motifs is 1. The fraction of sp³-hybridized carbons (Fsp3) is 0.227. The summed E-state index contributed by atoms with van der Waals surface area (Å²) in [6.45, 7) is 0.322. The van der Waals surface area contributed by atoms with E-state index in [-0.39, 0.29) is 18.2 Å². The molecule has 4 heterocycles. The molecule has 2 aliphatic rings. The Balaban J connectivity index is 1.40. The van der Waals surface area contributed by atoms with Crippen molar-refractivity contribution in [3.63, 3.8) is 0 Å². The number of imide groups is 1. The molecule has 1 atom stereocenters. The summed E-state index contributed by atoms with van der Waals surface area (Å²) in [6.07, 6.45) is 0.573. The highest BCUT2D eigenvalue weighted by Crippen LogP contribution is 2.31. The Kier molecular flexibility index (Phi) is 4.50. The predicted molar refractivity (Wildman–Crippen MR) is 110 cm³/mol. The maximum atomic E-state index is 12.8. The number of amides is 3. The second kappa shape index (κ2) is 7.35. The molecule has 3 amide bonds. The Morgan fingerprint density at radius 3 is 2.77 bits per heavy atom. The first-order valence-electron chi connectivity index (χ1n) is 9.88. The molecule has 0 bridgehead atoms. The standard InChI is InChI=1S/C22H19N5O4/c1-31-20-4-2-3-15(23-20)17-10-16(25-26-17)12-5-6-14-13(9-12)11-27(22(14)30)18-7-8-19(28)24-21(18)29/h2-6,9-10,18H,7-8,11H2,1H3,(H,25,26)(H,24,28,29)/t18-/m0/s1. The first kappa shape index (κ1) is 19.0. The highest BCUT2D eigenvalue weighted by molar-refractivity contribution is 6.05. The number of nitrogens with zero attached hydrogens (tertiary/aromatic N) is 3. The Labute approximate surface area is 177 Å². The average molecular weight is 417 g/mol. The van der Waals surface area contributed by atoms with Gasteiger partial charge < -0.3 is 9.64 Å². The van der Waals surface area contributed by atoms with Gasteiger partial charge in [0.15, 0.2) is 0 Å². The number of carbonyl (C=O) groups is 3. The van der Waals surface area contributed by atoms with Crippen LogP contribution in [0.5, 0.6) is 5.88 Å².